The van der Waals surface area contributed by atoms with Gasteiger partial charge in [-0.15, -0.1) is 0 Å². The van der Waals surface area contributed by atoms with Crippen molar-refractivity contribution in [3.8, 4) is 22.8 Å². The summed E-state index contributed by atoms with van der Waals surface area (Å²) in [5.41, 5.74) is 2.48. The molecule has 0 spiro atoms. The molecule has 0 amide bonds. The molecule has 5 heteroatoms. The minimum atomic E-state index is -0.393. The monoisotopic (exact) mass is 313 g/mol. The van der Waals surface area contributed by atoms with E-state index in [0.29, 0.717) is 33.5 Å². The standard InChI is InChI=1S/C18H16FNO3/c1-10-3-5-12(13(19)7-10)15-8-16(22)17-14(20-15)6-4-11(9-21)18(17)23-2/h3-8,21H,9H2,1-2H3,(H,20,22). The normalized spacial score (nSPS) is 11.0. The number of methoxy groups -OCH3 is 1. The van der Waals surface area contributed by atoms with Crippen molar-refractivity contribution in [2.75, 3.05) is 7.11 Å². The maximum Gasteiger partial charge on any atom is 0.137 e. The average molecular weight is 313 g/mol. The van der Waals surface area contributed by atoms with E-state index in [9.17, 15) is 14.6 Å². The highest BCUT2D eigenvalue weighted by Crippen LogP contribution is 2.38. The maximum absolute atomic E-state index is 14.2. The summed E-state index contributed by atoms with van der Waals surface area (Å²) in [7, 11) is 1.46. The van der Waals surface area contributed by atoms with Gasteiger partial charge in [-0.05, 0) is 30.7 Å². The number of fused-ring (bicyclic) bond motifs is 1. The Bertz CT molecular complexity index is 893. The molecule has 0 saturated heterocycles. The van der Waals surface area contributed by atoms with Gasteiger partial charge in [-0.2, -0.15) is 0 Å². The third kappa shape index (κ3) is 2.59. The van der Waals surface area contributed by atoms with Crippen LogP contribution in [0.2, 0.25) is 0 Å². The molecule has 4 nitrogen and oxygen atoms in total. The molecule has 0 aliphatic rings. The number of ether oxygens (including phenoxy) is 1. The second kappa shape index (κ2) is 5.85. The van der Waals surface area contributed by atoms with Gasteiger partial charge < -0.3 is 14.9 Å². The number of nitrogens with zero attached hydrogens (tertiary/aromatic N) is 1. The Kier molecular flexibility index (Phi) is 3.88. The Morgan fingerprint density at radius 2 is 1.96 bits per heavy atom. The predicted octanol–water partition coefficient (Wildman–Crippen LogP) is 3.56. The summed E-state index contributed by atoms with van der Waals surface area (Å²) in [4.78, 5) is 4.42. The van der Waals surface area contributed by atoms with Crippen LogP contribution in [-0.2, 0) is 6.61 Å². The number of halogens is 1. The van der Waals surface area contributed by atoms with Gasteiger partial charge >= 0.3 is 0 Å². The first-order chi connectivity index (χ1) is 11.0. The Morgan fingerprint density at radius 3 is 2.61 bits per heavy atom. The largest absolute Gasteiger partial charge is 0.507 e. The Hall–Kier alpha value is -2.66. The first kappa shape index (κ1) is 15.2. The van der Waals surface area contributed by atoms with Crippen molar-refractivity contribution in [2.24, 2.45) is 0 Å². The van der Waals surface area contributed by atoms with Crippen molar-refractivity contribution in [1.82, 2.24) is 4.98 Å². The summed E-state index contributed by atoms with van der Waals surface area (Å²) in [6.07, 6.45) is 0. The first-order valence-electron chi connectivity index (χ1n) is 7.12. The van der Waals surface area contributed by atoms with E-state index in [2.05, 4.69) is 4.98 Å². The van der Waals surface area contributed by atoms with Crippen LogP contribution in [0.5, 0.6) is 11.5 Å². The topological polar surface area (TPSA) is 62.6 Å². The molecule has 1 aromatic heterocycles. The third-order valence-electron chi connectivity index (χ3n) is 3.76. The molecular weight excluding hydrogens is 297 g/mol. The summed E-state index contributed by atoms with van der Waals surface area (Å²) in [6.45, 7) is 1.59. The second-order valence-corrected chi connectivity index (χ2v) is 5.32. The molecule has 0 radical (unpaired) electrons. The summed E-state index contributed by atoms with van der Waals surface area (Å²) in [5.74, 6) is -0.0988. The van der Waals surface area contributed by atoms with Gasteiger partial charge in [-0.1, -0.05) is 12.1 Å². The van der Waals surface area contributed by atoms with E-state index in [1.807, 2.05) is 0 Å². The number of aliphatic hydroxyl groups is 1. The number of hydrogen-bond donors (Lipinski definition) is 2. The number of hydrogen-bond acceptors (Lipinski definition) is 4. The van der Waals surface area contributed by atoms with Gasteiger partial charge in [0.2, 0.25) is 0 Å². The van der Waals surface area contributed by atoms with Gasteiger partial charge in [0, 0.05) is 17.2 Å². The summed E-state index contributed by atoms with van der Waals surface area (Å²) in [5, 5.41) is 20.1. The number of aliphatic hydroxyl groups excluding tert-OH is 1. The molecule has 0 aliphatic heterocycles. The fourth-order valence-corrected chi connectivity index (χ4v) is 2.64. The van der Waals surface area contributed by atoms with Crippen molar-refractivity contribution < 1.29 is 19.3 Å². The van der Waals surface area contributed by atoms with E-state index in [4.69, 9.17) is 4.74 Å². The molecule has 23 heavy (non-hydrogen) atoms. The number of benzene rings is 2. The number of pyridine rings is 1. The Morgan fingerprint density at radius 1 is 1.17 bits per heavy atom. The zero-order valence-corrected chi connectivity index (χ0v) is 12.8. The van der Waals surface area contributed by atoms with Gasteiger partial charge in [0.05, 0.1) is 30.3 Å². The molecule has 2 N–H and O–H groups in total. The number of aryl methyl sites for hydroxylation is 1. The highest BCUT2D eigenvalue weighted by molar-refractivity contribution is 5.94. The number of aromatic hydroxyl groups is 1. The third-order valence-corrected chi connectivity index (χ3v) is 3.76. The highest BCUT2D eigenvalue weighted by Gasteiger charge is 2.16. The molecule has 0 saturated carbocycles. The SMILES string of the molecule is COc1c(CO)ccc2nc(-c3ccc(C)cc3F)cc(O)c12. The van der Waals surface area contributed by atoms with Gasteiger partial charge in [0.15, 0.2) is 0 Å². The van der Waals surface area contributed by atoms with Crippen LogP contribution < -0.4 is 4.74 Å². The van der Waals surface area contributed by atoms with Gasteiger partial charge in [-0.25, -0.2) is 9.37 Å². The van der Waals surface area contributed by atoms with Crippen LogP contribution in [0.15, 0.2) is 36.4 Å². The van der Waals surface area contributed by atoms with Crippen LogP contribution >= 0.6 is 0 Å². The molecule has 0 unspecified atom stereocenters. The van der Waals surface area contributed by atoms with E-state index in [1.54, 1.807) is 31.2 Å². The summed E-state index contributed by atoms with van der Waals surface area (Å²) >= 11 is 0. The number of aromatic nitrogens is 1. The van der Waals surface area contributed by atoms with Crippen LogP contribution in [0.1, 0.15) is 11.1 Å². The quantitative estimate of drug-likeness (QED) is 0.776. The lowest BCUT2D eigenvalue weighted by Crippen LogP contribution is -1.96. The maximum atomic E-state index is 14.2. The molecule has 3 aromatic rings. The van der Waals surface area contributed by atoms with Crippen LogP contribution in [0.25, 0.3) is 22.2 Å². The van der Waals surface area contributed by atoms with Crippen LogP contribution in [0, 0.1) is 12.7 Å². The lowest BCUT2D eigenvalue weighted by Gasteiger charge is -2.13. The predicted molar refractivity (Wildman–Crippen MR) is 86.0 cm³/mol. The fourth-order valence-electron chi connectivity index (χ4n) is 2.64. The molecule has 118 valence electrons. The first-order valence-corrected chi connectivity index (χ1v) is 7.12. The van der Waals surface area contributed by atoms with Crippen molar-refractivity contribution in [3.05, 3.63) is 53.3 Å². The molecule has 0 bridgehead atoms. The lowest BCUT2D eigenvalue weighted by molar-refractivity contribution is 0.274. The molecule has 2 aromatic carbocycles. The van der Waals surface area contributed by atoms with Crippen LogP contribution in [0.3, 0.4) is 0 Å². The van der Waals surface area contributed by atoms with E-state index in [-0.39, 0.29) is 12.4 Å². The van der Waals surface area contributed by atoms with E-state index in [1.165, 1.54) is 19.2 Å². The van der Waals surface area contributed by atoms with Crippen LogP contribution in [0.4, 0.5) is 4.39 Å². The zero-order valence-electron chi connectivity index (χ0n) is 12.8. The van der Waals surface area contributed by atoms with Gasteiger partial charge in [0.25, 0.3) is 0 Å². The van der Waals surface area contributed by atoms with Crippen molar-refractivity contribution in [2.45, 2.75) is 13.5 Å². The van der Waals surface area contributed by atoms with Crippen LogP contribution in [-0.4, -0.2) is 22.3 Å². The van der Waals surface area contributed by atoms with Gasteiger partial charge in [0.1, 0.15) is 17.3 Å². The Balaban J connectivity index is 2.27. The molecule has 0 fully saturated rings. The zero-order chi connectivity index (χ0) is 16.6. The minimum Gasteiger partial charge on any atom is -0.507 e. The van der Waals surface area contributed by atoms with Crippen molar-refractivity contribution in [1.29, 1.82) is 0 Å². The molecule has 0 aliphatic carbocycles. The molecule has 3 rings (SSSR count). The van der Waals surface area contributed by atoms with E-state index in [0.717, 1.165) is 5.56 Å². The van der Waals surface area contributed by atoms with E-state index < -0.39 is 5.82 Å². The lowest BCUT2D eigenvalue weighted by atomic mass is 10.0. The molecule has 0 atom stereocenters. The molecular formula is C18H16FNO3. The number of rotatable bonds is 3. The van der Waals surface area contributed by atoms with E-state index >= 15 is 0 Å². The van der Waals surface area contributed by atoms with Crippen molar-refractivity contribution >= 4 is 10.9 Å². The average Bonchev–Trinajstić information content (AvgIpc) is 2.53. The highest BCUT2D eigenvalue weighted by atomic mass is 19.1. The molecule has 1 heterocycles. The fraction of sp³-hybridized carbons (Fsp3) is 0.167. The second-order valence-electron chi connectivity index (χ2n) is 5.32. The smallest absolute Gasteiger partial charge is 0.137 e. The van der Waals surface area contributed by atoms with Crippen molar-refractivity contribution in [3.63, 3.8) is 0 Å². The van der Waals surface area contributed by atoms with Gasteiger partial charge in [-0.3, -0.25) is 0 Å². The minimum absolute atomic E-state index is 0.0721. The summed E-state index contributed by atoms with van der Waals surface area (Å²) < 4.78 is 19.4. The Labute approximate surface area is 132 Å². The summed E-state index contributed by atoms with van der Waals surface area (Å²) in [6, 6.07) is 9.59.